The quantitative estimate of drug-likeness (QED) is 0.630. The molecule has 13 heavy (non-hydrogen) atoms. The zero-order valence-electron chi connectivity index (χ0n) is 7.29. The molecule has 3 heteroatoms. The van der Waals surface area contributed by atoms with Gasteiger partial charge in [0, 0.05) is 5.56 Å². The van der Waals surface area contributed by atoms with E-state index in [0.717, 1.165) is 0 Å². The summed E-state index contributed by atoms with van der Waals surface area (Å²) in [6, 6.07) is 8.84. The summed E-state index contributed by atoms with van der Waals surface area (Å²) < 4.78 is 0. The first-order chi connectivity index (χ1) is 5.70. The van der Waals surface area contributed by atoms with Gasteiger partial charge in [-0.1, -0.05) is 30.3 Å². The second-order valence-electron chi connectivity index (χ2n) is 2.67. The van der Waals surface area contributed by atoms with Gasteiger partial charge in [0.25, 0.3) is 0 Å². The van der Waals surface area contributed by atoms with Gasteiger partial charge in [-0.3, -0.25) is 9.59 Å². The van der Waals surface area contributed by atoms with E-state index in [1.165, 1.54) is 6.92 Å². The number of benzene rings is 1. The van der Waals surface area contributed by atoms with E-state index in [2.05, 4.69) is 0 Å². The van der Waals surface area contributed by atoms with Gasteiger partial charge in [-0.05, 0) is 6.92 Å². The van der Waals surface area contributed by atoms with Crippen molar-refractivity contribution < 1.29 is 59.0 Å². The Kier molecular flexibility index (Phi) is 6.65. The molecule has 0 aromatic heterocycles. The zero-order chi connectivity index (χ0) is 8.97. The van der Waals surface area contributed by atoms with Crippen LogP contribution in [0.3, 0.4) is 0 Å². The van der Waals surface area contributed by atoms with E-state index in [9.17, 15) is 9.59 Å². The van der Waals surface area contributed by atoms with Gasteiger partial charge in [-0.15, -0.1) is 0 Å². The van der Waals surface area contributed by atoms with E-state index >= 15 is 0 Å². The van der Waals surface area contributed by atoms with Crippen LogP contribution in [0.1, 0.15) is 23.7 Å². The van der Waals surface area contributed by atoms with Gasteiger partial charge in [-0.25, -0.2) is 0 Å². The third kappa shape index (κ3) is 4.79. The van der Waals surface area contributed by atoms with Gasteiger partial charge in [0.05, 0.1) is 6.42 Å². The van der Waals surface area contributed by atoms with Gasteiger partial charge in [0.1, 0.15) is 5.78 Å². The van der Waals surface area contributed by atoms with Crippen LogP contribution in [0.2, 0.25) is 0 Å². The van der Waals surface area contributed by atoms with Crippen LogP contribution in [0, 0.1) is 49.4 Å². The zero-order valence-corrected chi connectivity index (χ0v) is 9.71. The maximum atomic E-state index is 11.2. The van der Waals surface area contributed by atoms with Crippen molar-refractivity contribution in [2.75, 3.05) is 0 Å². The predicted molar refractivity (Wildman–Crippen MR) is 46.1 cm³/mol. The number of hydrogen-bond acceptors (Lipinski definition) is 2. The maximum Gasteiger partial charge on any atom is 3.00 e. The van der Waals surface area contributed by atoms with Crippen molar-refractivity contribution in [2.24, 2.45) is 0 Å². The van der Waals surface area contributed by atoms with Crippen LogP contribution in [0.15, 0.2) is 30.3 Å². The molecule has 0 aliphatic carbocycles. The van der Waals surface area contributed by atoms with Crippen LogP contribution in [-0.2, 0) is 4.79 Å². The van der Waals surface area contributed by atoms with Crippen LogP contribution < -0.4 is 0 Å². The molecule has 0 atom stereocenters. The van der Waals surface area contributed by atoms with Crippen LogP contribution in [-0.4, -0.2) is 11.6 Å². The molecule has 1 aromatic carbocycles. The first-order valence-corrected chi connectivity index (χ1v) is 3.78. The van der Waals surface area contributed by atoms with E-state index in [4.69, 9.17) is 0 Å². The van der Waals surface area contributed by atoms with Crippen molar-refractivity contribution in [3.05, 3.63) is 35.9 Å². The summed E-state index contributed by atoms with van der Waals surface area (Å²) in [4.78, 5) is 21.8. The topological polar surface area (TPSA) is 34.1 Å². The normalized spacial score (nSPS) is 8.69. The molecule has 0 bridgehead atoms. The minimum Gasteiger partial charge on any atom is -0.300 e. The molecule has 1 aromatic rings. The van der Waals surface area contributed by atoms with Crippen molar-refractivity contribution in [1.29, 1.82) is 0 Å². The maximum absolute atomic E-state index is 11.2. The number of rotatable bonds is 3. The van der Waals surface area contributed by atoms with Crippen molar-refractivity contribution in [2.45, 2.75) is 13.3 Å². The summed E-state index contributed by atoms with van der Waals surface area (Å²) in [5, 5.41) is 0. The second kappa shape index (κ2) is 6.58. The Morgan fingerprint density at radius 3 is 2.15 bits per heavy atom. The summed E-state index contributed by atoms with van der Waals surface area (Å²) in [6.45, 7) is 1.42. The molecule has 0 radical (unpaired) electrons. The molecule has 2 nitrogen and oxygen atoms in total. The first kappa shape index (κ1) is 13.1. The van der Waals surface area contributed by atoms with Crippen molar-refractivity contribution >= 4 is 11.6 Å². The molecule has 0 saturated heterocycles. The van der Waals surface area contributed by atoms with E-state index in [1.807, 2.05) is 6.07 Å². The molecule has 66 valence electrons. The molecule has 0 aliphatic heterocycles. The van der Waals surface area contributed by atoms with E-state index < -0.39 is 0 Å². The van der Waals surface area contributed by atoms with Crippen LogP contribution >= 0.6 is 0 Å². The summed E-state index contributed by atoms with van der Waals surface area (Å²) in [7, 11) is 0. The summed E-state index contributed by atoms with van der Waals surface area (Å²) >= 11 is 0. The number of carbonyl (C=O) groups excluding carboxylic acids is 2. The monoisotopic (exact) mass is 315 g/mol. The summed E-state index contributed by atoms with van der Waals surface area (Å²) in [5.41, 5.74) is 0.604. The van der Waals surface area contributed by atoms with Crippen LogP contribution in [0.5, 0.6) is 0 Å². The molecule has 0 aliphatic rings. The molecular weight excluding hydrogens is 304 g/mol. The third-order valence-electron chi connectivity index (χ3n) is 1.51. The largest absolute Gasteiger partial charge is 3.00 e. The minimum atomic E-state index is -0.108. The Morgan fingerprint density at radius 1 is 1.15 bits per heavy atom. The SMILES string of the molecule is CC(=O)CC(=O)c1ccccc1.[Eu+3]. The average Bonchev–Trinajstić information content (AvgIpc) is 2.05. The second-order valence-corrected chi connectivity index (χ2v) is 2.67. The molecule has 0 N–H and O–H groups in total. The van der Waals surface area contributed by atoms with Gasteiger partial charge in [0.15, 0.2) is 5.78 Å². The Hall–Kier alpha value is 0.144. The summed E-state index contributed by atoms with van der Waals surface area (Å²) in [5.74, 6) is -0.202. The molecule has 0 saturated carbocycles. The van der Waals surface area contributed by atoms with E-state index in [-0.39, 0.29) is 67.4 Å². The van der Waals surface area contributed by atoms with Gasteiger partial charge in [0.2, 0.25) is 0 Å². The molecular formula is C10H10EuO2+3. The van der Waals surface area contributed by atoms with Crippen LogP contribution in [0.4, 0.5) is 0 Å². The van der Waals surface area contributed by atoms with Gasteiger partial charge >= 0.3 is 49.4 Å². The minimum absolute atomic E-state index is 0. The van der Waals surface area contributed by atoms with Crippen molar-refractivity contribution in [3.63, 3.8) is 0 Å². The fourth-order valence-corrected chi connectivity index (χ4v) is 0.952. The molecule has 0 fully saturated rings. The smallest absolute Gasteiger partial charge is 0.300 e. The Bertz CT molecular complexity index is 293. The number of carbonyl (C=O) groups is 2. The summed E-state index contributed by atoms with van der Waals surface area (Å²) in [6.07, 6.45) is 0.00398. The van der Waals surface area contributed by atoms with Gasteiger partial charge in [-0.2, -0.15) is 0 Å². The Balaban J connectivity index is 0.00000144. The standard InChI is InChI=1S/C10H10O2.Eu/c1-8(11)7-10(12)9-5-3-2-4-6-9;/h2-6H,7H2,1H3;/q;+3. The predicted octanol–water partition coefficient (Wildman–Crippen LogP) is 1.85. The van der Waals surface area contributed by atoms with Crippen LogP contribution in [0.25, 0.3) is 0 Å². The van der Waals surface area contributed by atoms with Gasteiger partial charge < -0.3 is 0 Å². The molecule has 0 amide bonds. The first-order valence-electron chi connectivity index (χ1n) is 3.78. The number of Topliss-reactive ketones (excluding diaryl/α,β-unsaturated/α-hetero) is 2. The Labute approximate surface area is 118 Å². The number of ketones is 2. The van der Waals surface area contributed by atoms with Crippen molar-refractivity contribution in [3.8, 4) is 0 Å². The Morgan fingerprint density at radius 2 is 1.69 bits per heavy atom. The molecule has 0 heterocycles. The van der Waals surface area contributed by atoms with E-state index in [1.54, 1.807) is 24.3 Å². The molecule has 0 spiro atoms. The number of hydrogen-bond donors (Lipinski definition) is 0. The molecule has 0 unspecified atom stereocenters. The average molecular weight is 314 g/mol. The molecule has 1 rings (SSSR count). The third-order valence-corrected chi connectivity index (χ3v) is 1.51. The fourth-order valence-electron chi connectivity index (χ4n) is 0.952. The van der Waals surface area contributed by atoms with E-state index in [0.29, 0.717) is 5.56 Å². The fraction of sp³-hybridized carbons (Fsp3) is 0.200. The van der Waals surface area contributed by atoms with Crippen molar-refractivity contribution in [1.82, 2.24) is 0 Å².